The van der Waals surface area contributed by atoms with Crippen molar-refractivity contribution in [1.82, 2.24) is 0 Å². The summed E-state index contributed by atoms with van der Waals surface area (Å²) in [5, 5.41) is 18.1. The van der Waals surface area contributed by atoms with Gasteiger partial charge in [-0.2, -0.15) is 0 Å². The molecule has 0 rings (SSSR count). The van der Waals surface area contributed by atoms with Crippen LogP contribution in [0.15, 0.2) is 0 Å². The van der Waals surface area contributed by atoms with Crippen LogP contribution in [0.25, 0.3) is 0 Å². The van der Waals surface area contributed by atoms with Gasteiger partial charge in [0.05, 0.1) is 78.6 Å². The fraction of sp³-hybridized carbons (Fsp3) is 0.958. The van der Waals surface area contributed by atoms with Gasteiger partial charge in [-0.15, -0.1) is 0 Å². The number of unbranched alkanes of at least 4 members (excludes halogenated alkanes) is 16. The van der Waals surface area contributed by atoms with E-state index in [-0.39, 0.29) is 12.5 Å². The Kier molecular flexibility index (Phi) is 54.1. The standard InChI is InChI=1S/C32H64O6.C16H32O6/c1-4-7-10-13-14-16-19-30(18-15-11-8-5-2)29-31(32(33)34)20-22-36-24-26-38-28-27-37-25-23-35-21-17-12-9-6-3;1-2-3-4-6-9-19-12-14-21-15-13-20-10-7-5-8-11-22-16(17)18/h30-31H,4-29H2,1-3H3,(H,33,34);2-15H2,1H3,(H,17,18). The Morgan fingerprint density at radius 2 is 0.650 bits per heavy atom. The van der Waals surface area contributed by atoms with Gasteiger partial charge in [0.2, 0.25) is 0 Å². The lowest BCUT2D eigenvalue weighted by Gasteiger charge is -2.21. The average molecular weight is 865 g/mol. The first-order valence-corrected chi connectivity index (χ1v) is 24.5. The molecule has 0 aliphatic heterocycles. The van der Waals surface area contributed by atoms with E-state index in [1.165, 1.54) is 116 Å². The molecule has 0 bridgehead atoms. The Balaban J connectivity index is 0. The van der Waals surface area contributed by atoms with Gasteiger partial charge >= 0.3 is 12.1 Å². The van der Waals surface area contributed by atoms with Crippen molar-refractivity contribution in [1.29, 1.82) is 0 Å². The van der Waals surface area contributed by atoms with Gasteiger partial charge in [-0.1, -0.05) is 143 Å². The van der Waals surface area contributed by atoms with Crippen LogP contribution in [-0.2, 0) is 42.7 Å². The van der Waals surface area contributed by atoms with E-state index in [2.05, 4.69) is 32.4 Å². The fourth-order valence-electron chi connectivity index (χ4n) is 6.63. The molecule has 0 amide bonds. The van der Waals surface area contributed by atoms with E-state index in [9.17, 15) is 14.7 Å². The monoisotopic (exact) mass is 865 g/mol. The lowest BCUT2D eigenvalue weighted by molar-refractivity contribution is -0.143. The van der Waals surface area contributed by atoms with Crippen molar-refractivity contribution < 1.29 is 57.7 Å². The first-order chi connectivity index (χ1) is 29.4. The molecular formula is C48H96O12. The number of carbonyl (C=O) groups is 2. The minimum Gasteiger partial charge on any atom is -0.481 e. The van der Waals surface area contributed by atoms with Gasteiger partial charge < -0.3 is 48.1 Å². The summed E-state index contributed by atoms with van der Waals surface area (Å²) in [6.45, 7) is 17.7. The van der Waals surface area contributed by atoms with E-state index in [1.54, 1.807) is 0 Å². The molecule has 2 unspecified atom stereocenters. The van der Waals surface area contributed by atoms with Crippen molar-refractivity contribution in [3.8, 4) is 0 Å². The summed E-state index contributed by atoms with van der Waals surface area (Å²) >= 11 is 0. The molecule has 0 saturated heterocycles. The third-order valence-electron chi connectivity index (χ3n) is 10.3. The minimum atomic E-state index is -1.21. The summed E-state index contributed by atoms with van der Waals surface area (Å²) in [5.74, 6) is -0.461. The molecule has 12 heteroatoms. The molecule has 0 aromatic heterocycles. The van der Waals surface area contributed by atoms with Gasteiger partial charge in [0.1, 0.15) is 0 Å². The third-order valence-corrected chi connectivity index (χ3v) is 10.3. The molecule has 2 N–H and O–H groups in total. The molecule has 0 saturated carbocycles. The summed E-state index contributed by atoms with van der Waals surface area (Å²) < 4.78 is 43.0. The second-order valence-electron chi connectivity index (χ2n) is 15.9. The highest BCUT2D eigenvalue weighted by molar-refractivity contribution is 5.69. The molecule has 0 heterocycles. The second kappa shape index (κ2) is 53.6. The van der Waals surface area contributed by atoms with Crippen LogP contribution in [0.3, 0.4) is 0 Å². The van der Waals surface area contributed by atoms with Gasteiger partial charge in [-0.3, -0.25) is 4.79 Å². The third kappa shape index (κ3) is 52.6. The molecule has 0 aliphatic carbocycles. The van der Waals surface area contributed by atoms with E-state index < -0.39 is 12.1 Å². The number of carboxylic acids is 1. The van der Waals surface area contributed by atoms with Crippen LogP contribution in [0.4, 0.5) is 4.79 Å². The lowest BCUT2D eigenvalue weighted by atomic mass is 9.85. The molecular weight excluding hydrogens is 769 g/mol. The zero-order chi connectivity index (χ0) is 44.3. The van der Waals surface area contributed by atoms with Crippen molar-refractivity contribution in [2.45, 2.75) is 188 Å². The van der Waals surface area contributed by atoms with Crippen molar-refractivity contribution in [3.05, 3.63) is 0 Å². The Labute approximate surface area is 368 Å². The van der Waals surface area contributed by atoms with Gasteiger partial charge in [0, 0.05) is 26.4 Å². The first-order valence-electron chi connectivity index (χ1n) is 24.5. The van der Waals surface area contributed by atoms with E-state index in [1.807, 2.05) is 0 Å². The Morgan fingerprint density at radius 1 is 0.350 bits per heavy atom. The maximum Gasteiger partial charge on any atom is 0.505 e. The van der Waals surface area contributed by atoms with E-state index in [0.29, 0.717) is 91.6 Å². The summed E-state index contributed by atoms with van der Waals surface area (Å²) in [6.07, 6.45) is 27.6. The van der Waals surface area contributed by atoms with E-state index >= 15 is 0 Å². The van der Waals surface area contributed by atoms with Crippen LogP contribution in [0.2, 0.25) is 0 Å². The molecule has 0 radical (unpaired) electrons. The number of hydrogen-bond acceptors (Lipinski definition) is 10. The molecule has 2 atom stereocenters. The maximum atomic E-state index is 11.9. The predicted molar refractivity (Wildman–Crippen MR) is 242 cm³/mol. The number of rotatable bonds is 49. The van der Waals surface area contributed by atoms with Crippen LogP contribution in [0.1, 0.15) is 188 Å². The molecule has 0 aromatic rings. The Morgan fingerprint density at radius 3 is 1.03 bits per heavy atom. The summed E-state index contributed by atoms with van der Waals surface area (Å²) in [6, 6.07) is 0. The smallest absolute Gasteiger partial charge is 0.481 e. The quantitative estimate of drug-likeness (QED) is 0.0443. The molecule has 60 heavy (non-hydrogen) atoms. The molecule has 0 aliphatic rings. The Bertz CT molecular complexity index is 833. The van der Waals surface area contributed by atoms with Crippen molar-refractivity contribution in [2.75, 3.05) is 99.1 Å². The zero-order valence-corrected chi connectivity index (χ0v) is 39.4. The largest absolute Gasteiger partial charge is 0.505 e. The molecule has 0 aromatic carbocycles. The topological polar surface area (TPSA) is 148 Å². The highest BCUT2D eigenvalue weighted by Gasteiger charge is 2.22. The summed E-state index contributed by atoms with van der Waals surface area (Å²) in [7, 11) is 0. The van der Waals surface area contributed by atoms with Crippen LogP contribution in [0, 0.1) is 11.8 Å². The number of ether oxygens (including phenoxy) is 8. The molecule has 360 valence electrons. The highest BCUT2D eigenvalue weighted by atomic mass is 16.7. The van der Waals surface area contributed by atoms with E-state index in [4.69, 9.17) is 38.3 Å². The zero-order valence-electron chi connectivity index (χ0n) is 39.4. The number of aliphatic carboxylic acids is 1. The van der Waals surface area contributed by atoms with Crippen LogP contribution in [0.5, 0.6) is 0 Å². The maximum absolute atomic E-state index is 11.9. The normalized spacial score (nSPS) is 12.3. The first kappa shape index (κ1) is 60.5. The highest BCUT2D eigenvalue weighted by Crippen LogP contribution is 2.27. The average Bonchev–Trinajstić information content (AvgIpc) is 3.23. The van der Waals surface area contributed by atoms with Gasteiger partial charge in [-0.05, 0) is 50.9 Å². The SMILES string of the molecule is CCCCCCCCC(CCCCCC)CC(CCOCCOCCOCCOCCCCCC)C(=O)O.CCCCCCOCCOCCOCCCCCOC(=O)O. The van der Waals surface area contributed by atoms with Crippen LogP contribution >= 0.6 is 0 Å². The van der Waals surface area contributed by atoms with Gasteiger partial charge in [0.15, 0.2) is 0 Å². The minimum absolute atomic E-state index is 0.261. The van der Waals surface area contributed by atoms with Gasteiger partial charge in [-0.25, -0.2) is 4.79 Å². The molecule has 0 spiro atoms. The lowest BCUT2D eigenvalue weighted by Crippen LogP contribution is -2.21. The Hall–Kier alpha value is -1.54. The molecule has 0 fully saturated rings. The van der Waals surface area contributed by atoms with Crippen molar-refractivity contribution in [2.24, 2.45) is 11.8 Å². The number of carboxylic acid groups (broad SMARTS) is 2. The number of hydrogen-bond donors (Lipinski definition) is 2. The van der Waals surface area contributed by atoms with E-state index in [0.717, 1.165) is 51.7 Å². The predicted octanol–water partition coefficient (Wildman–Crippen LogP) is 11.9. The van der Waals surface area contributed by atoms with Gasteiger partial charge in [0.25, 0.3) is 0 Å². The van der Waals surface area contributed by atoms with Crippen LogP contribution < -0.4 is 0 Å². The summed E-state index contributed by atoms with van der Waals surface area (Å²) in [4.78, 5) is 22.0. The fourth-order valence-corrected chi connectivity index (χ4v) is 6.63. The summed E-state index contributed by atoms with van der Waals surface area (Å²) in [5.41, 5.74) is 0. The van der Waals surface area contributed by atoms with Crippen molar-refractivity contribution in [3.63, 3.8) is 0 Å². The van der Waals surface area contributed by atoms with Crippen molar-refractivity contribution >= 4 is 12.1 Å². The second-order valence-corrected chi connectivity index (χ2v) is 15.9. The molecule has 12 nitrogen and oxygen atoms in total. The van der Waals surface area contributed by atoms with Crippen LogP contribution in [-0.4, -0.2) is 121 Å².